The van der Waals surface area contributed by atoms with Crippen LogP contribution in [0.5, 0.6) is 0 Å². The van der Waals surface area contributed by atoms with Crippen molar-refractivity contribution in [3.63, 3.8) is 0 Å². The van der Waals surface area contributed by atoms with E-state index in [2.05, 4.69) is 5.32 Å². The molecule has 6 heteroatoms. The highest BCUT2D eigenvalue weighted by atomic mass is 35.5. The molecular weight excluding hydrogens is 271 g/mol. The lowest BCUT2D eigenvalue weighted by Gasteiger charge is -2.07. The molecule has 98 valence electrons. The molecule has 0 saturated carbocycles. The number of nitrogens with one attached hydrogen (secondary N) is 1. The van der Waals surface area contributed by atoms with Gasteiger partial charge in [0, 0.05) is 17.6 Å². The average molecular weight is 281 g/mol. The number of non-ortho nitro benzene ring substituents is 1. The first-order valence-electron chi connectivity index (χ1n) is 5.48. The summed E-state index contributed by atoms with van der Waals surface area (Å²) in [4.78, 5) is 9.85. The van der Waals surface area contributed by atoms with E-state index in [4.69, 9.17) is 11.6 Å². The monoisotopic (exact) mass is 280 g/mol. The highest BCUT2D eigenvalue weighted by molar-refractivity contribution is 6.30. The van der Waals surface area contributed by atoms with Gasteiger partial charge in [-0.1, -0.05) is 23.7 Å². The molecule has 0 bridgehead atoms. The minimum Gasteiger partial charge on any atom is -0.379 e. The maximum atomic E-state index is 13.6. The molecule has 0 fully saturated rings. The smallest absolute Gasteiger partial charge is 0.272 e. The van der Waals surface area contributed by atoms with Crippen LogP contribution in [0.1, 0.15) is 5.56 Å². The number of hydrogen-bond donors (Lipinski definition) is 1. The summed E-state index contributed by atoms with van der Waals surface area (Å²) in [5.74, 6) is -0.650. The summed E-state index contributed by atoms with van der Waals surface area (Å²) in [5, 5.41) is 14.0. The molecule has 2 aromatic carbocycles. The fourth-order valence-corrected chi connectivity index (χ4v) is 1.69. The Kier molecular flexibility index (Phi) is 3.97. The van der Waals surface area contributed by atoms with E-state index in [9.17, 15) is 14.5 Å². The molecule has 0 radical (unpaired) electrons. The number of nitrogens with zero attached hydrogens (tertiary/aromatic N) is 1. The number of benzene rings is 2. The Hall–Kier alpha value is -2.14. The molecule has 0 aliphatic carbocycles. The Morgan fingerprint density at radius 2 is 1.89 bits per heavy atom. The van der Waals surface area contributed by atoms with Gasteiger partial charge in [0.1, 0.15) is 0 Å². The van der Waals surface area contributed by atoms with Crippen LogP contribution in [0.25, 0.3) is 0 Å². The van der Waals surface area contributed by atoms with Gasteiger partial charge in [0.2, 0.25) is 0 Å². The van der Waals surface area contributed by atoms with Crippen molar-refractivity contribution >= 4 is 23.0 Å². The fourth-order valence-electron chi connectivity index (χ4n) is 1.56. The summed E-state index contributed by atoms with van der Waals surface area (Å²) < 4.78 is 13.6. The first kappa shape index (κ1) is 13.3. The van der Waals surface area contributed by atoms with E-state index in [0.717, 1.165) is 11.6 Å². The molecule has 2 rings (SSSR count). The van der Waals surface area contributed by atoms with Gasteiger partial charge in [0.25, 0.3) is 5.69 Å². The molecule has 0 spiro atoms. The van der Waals surface area contributed by atoms with Crippen molar-refractivity contribution in [3.8, 4) is 0 Å². The van der Waals surface area contributed by atoms with Gasteiger partial charge in [0.15, 0.2) is 5.82 Å². The van der Waals surface area contributed by atoms with E-state index in [1.165, 1.54) is 12.1 Å². The molecule has 0 aliphatic heterocycles. The van der Waals surface area contributed by atoms with Gasteiger partial charge < -0.3 is 5.32 Å². The first-order chi connectivity index (χ1) is 9.06. The molecule has 2 aromatic rings. The van der Waals surface area contributed by atoms with Crippen LogP contribution >= 0.6 is 11.6 Å². The second-order valence-electron chi connectivity index (χ2n) is 3.90. The van der Waals surface area contributed by atoms with Gasteiger partial charge in [-0.2, -0.15) is 0 Å². The molecule has 0 heterocycles. The quantitative estimate of drug-likeness (QED) is 0.680. The zero-order chi connectivity index (χ0) is 13.8. The van der Waals surface area contributed by atoms with Crippen LogP contribution in [-0.4, -0.2) is 4.92 Å². The van der Waals surface area contributed by atoms with E-state index < -0.39 is 10.7 Å². The molecule has 0 aliphatic rings. The molecule has 0 atom stereocenters. The maximum absolute atomic E-state index is 13.6. The summed E-state index contributed by atoms with van der Waals surface area (Å²) in [5.41, 5.74) is 0.886. The Balaban J connectivity index is 2.07. The number of halogens is 2. The van der Waals surface area contributed by atoms with Crippen LogP contribution in [0.3, 0.4) is 0 Å². The molecule has 1 N–H and O–H groups in total. The Labute approximate surface area is 114 Å². The van der Waals surface area contributed by atoms with Gasteiger partial charge in [-0.05, 0) is 23.8 Å². The highest BCUT2D eigenvalue weighted by Crippen LogP contribution is 2.21. The van der Waals surface area contributed by atoms with Crippen LogP contribution in [-0.2, 0) is 6.54 Å². The Morgan fingerprint density at radius 1 is 1.21 bits per heavy atom. The predicted molar refractivity (Wildman–Crippen MR) is 71.8 cm³/mol. The summed E-state index contributed by atoms with van der Waals surface area (Å²) in [7, 11) is 0. The first-order valence-corrected chi connectivity index (χ1v) is 5.86. The molecule has 0 unspecified atom stereocenters. The van der Waals surface area contributed by atoms with Crippen molar-refractivity contribution in [1.29, 1.82) is 0 Å². The third kappa shape index (κ3) is 3.42. The molecule has 19 heavy (non-hydrogen) atoms. The van der Waals surface area contributed by atoms with Gasteiger partial charge in [-0.15, -0.1) is 0 Å². The van der Waals surface area contributed by atoms with Crippen molar-refractivity contribution in [2.45, 2.75) is 6.54 Å². The second-order valence-corrected chi connectivity index (χ2v) is 4.34. The second kappa shape index (κ2) is 5.67. The lowest BCUT2D eigenvalue weighted by Crippen LogP contribution is -2.01. The zero-order valence-corrected chi connectivity index (χ0v) is 10.5. The maximum Gasteiger partial charge on any atom is 0.272 e. The average Bonchev–Trinajstić information content (AvgIpc) is 2.39. The molecule has 0 aromatic heterocycles. The van der Waals surface area contributed by atoms with Crippen LogP contribution < -0.4 is 5.32 Å². The van der Waals surface area contributed by atoms with E-state index in [0.29, 0.717) is 11.6 Å². The molecule has 4 nitrogen and oxygen atoms in total. The minimum atomic E-state index is -0.650. The lowest BCUT2D eigenvalue weighted by molar-refractivity contribution is -0.385. The lowest BCUT2D eigenvalue weighted by atomic mass is 10.2. The fraction of sp³-hybridized carbons (Fsp3) is 0.0769. The highest BCUT2D eigenvalue weighted by Gasteiger charge is 2.10. The van der Waals surface area contributed by atoms with Crippen molar-refractivity contribution in [3.05, 3.63) is 69.0 Å². The van der Waals surface area contributed by atoms with Gasteiger partial charge >= 0.3 is 0 Å². The molecule has 0 amide bonds. The third-order valence-electron chi connectivity index (χ3n) is 2.56. The third-order valence-corrected chi connectivity index (χ3v) is 2.81. The zero-order valence-electron chi connectivity index (χ0n) is 9.77. The van der Waals surface area contributed by atoms with E-state index in [1.807, 2.05) is 12.1 Å². The number of hydrogen-bond acceptors (Lipinski definition) is 3. The van der Waals surface area contributed by atoms with Crippen molar-refractivity contribution in [2.24, 2.45) is 0 Å². The number of anilines is 1. The summed E-state index contributed by atoms with van der Waals surface area (Å²) in [6.07, 6.45) is 0. The van der Waals surface area contributed by atoms with Crippen molar-refractivity contribution in [2.75, 3.05) is 5.32 Å². The van der Waals surface area contributed by atoms with E-state index >= 15 is 0 Å². The minimum absolute atomic E-state index is 0.223. The standard InChI is InChI=1S/C13H10ClFN2O2/c14-10-3-1-9(2-4-10)8-16-13-6-5-11(17(18)19)7-12(13)15/h1-7,16H,8H2. The van der Waals surface area contributed by atoms with Gasteiger partial charge in [-0.25, -0.2) is 4.39 Å². The number of nitro groups is 1. The van der Waals surface area contributed by atoms with Crippen molar-refractivity contribution in [1.82, 2.24) is 0 Å². The topological polar surface area (TPSA) is 55.2 Å². The number of nitro benzene ring substituents is 1. The van der Waals surface area contributed by atoms with Crippen LogP contribution in [0.15, 0.2) is 42.5 Å². The summed E-state index contributed by atoms with van der Waals surface area (Å²) in [6.45, 7) is 0.409. The van der Waals surface area contributed by atoms with Crippen molar-refractivity contribution < 1.29 is 9.31 Å². The number of rotatable bonds is 4. The van der Waals surface area contributed by atoms with Crippen LogP contribution in [0.4, 0.5) is 15.8 Å². The Bertz CT molecular complexity index is 602. The predicted octanol–water partition coefficient (Wildman–Crippen LogP) is 4.00. The normalized spacial score (nSPS) is 10.2. The molecule has 0 saturated heterocycles. The van der Waals surface area contributed by atoms with E-state index in [1.54, 1.807) is 12.1 Å². The van der Waals surface area contributed by atoms with Gasteiger partial charge in [-0.3, -0.25) is 10.1 Å². The van der Waals surface area contributed by atoms with Crippen LogP contribution in [0, 0.1) is 15.9 Å². The summed E-state index contributed by atoms with van der Waals surface area (Å²) >= 11 is 5.76. The molecular formula is C13H10ClFN2O2. The van der Waals surface area contributed by atoms with E-state index in [-0.39, 0.29) is 11.4 Å². The Morgan fingerprint density at radius 3 is 2.47 bits per heavy atom. The van der Waals surface area contributed by atoms with Gasteiger partial charge in [0.05, 0.1) is 16.7 Å². The SMILES string of the molecule is O=[N+]([O-])c1ccc(NCc2ccc(Cl)cc2)c(F)c1. The largest absolute Gasteiger partial charge is 0.379 e. The summed E-state index contributed by atoms with van der Waals surface area (Å²) in [6, 6.07) is 10.6. The van der Waals surface area contributed by atoms with Crippen LogP contribution in [0.2, 0.25) is 5.02 Å².